The second kappa shape index (κ2) is 6.90. The summed E-state index contributed by atoms with van der Waals surface area (Å²) in [5.74, 6) is 7.06. The monoisotopic (exact) mass is 367 g/mol. The van der Waals surface area contributed by atoms with E-state index in [2.05, 4.69) is 57.2 Å². The highest BCUT2D eigenvalue weighted by atomic mass is 15.1. The largest absolute Gasteiger partial charge is 0.360 e. The maximum atomic E-state index is 8.42. The van der Waals surface area contributed by atoms with E-state index in [4.69, 9.17) is 5.41 Å². The number of hydrogen-bond donors (Lipinski definition) is 2. The molecule has 0 saturated carbocycles. The van der Waals surface area contributed by atoms with E-state index in [1.165, 1.54) is 0 Å². The van der Waals surface area contributed by atoms with Crippen molar-refractivity contribution >= 4 is 5.84 Å². The smallest absolute Gasteiger partial charge is 0.129 e. The number of fused-ring (bicyclic) bond motifs is 1. The normalized spacial score (nSPS) is 17.9. The van der Waals surface area contributed by atoms with Crippen LogP contribution in [0.4, 0.5) is 0 Å². The Morgan fingerprint density at radius 3 is 2.82 bits per heavy atom. The summed E-state index contributed by atoms with van der Waals surface area (Å²) in [5, 5.41) is 11.8. The number of rotatable bonds is 2. The molecule has 4 rings (SSSR count). The van der Waals surface area contributed by atoms with Crippen molar-refractivity contribution in [2.45, 2.75) is 32.7 Å². The van der Waals surface area contributed by atoms with Crippen LogP contribution in [0.15, 0.2) is 48.9 Å². The fourth-order valence-electron chi connectivity index (χ4n) is 3.61. The molecule has 0 saturated heterocycles. The Morgan fingerprint density at radius 2 is 2.00 bits per heavy atom. The highest BCUT2D eigenvalue weighted by Crippen LogP contribution is 2.32. The second-order valence-electron chi connectivity index (χ2n) is 7.20. The van der Waals surface area contributed by atoms with Crippen LogP contribution >= 0.6 is 0 Å². The second-order valence-corrected chi connectivity index (χ2v) is 7.20. The third-order valence-corrected chi connectivity index (χ3v) is 5.02. The number of nitrogens with one attached hydrogen (secondary N) is 2. The lowest BCUT2D eigenvalue weighted by molar-refractivity contribution is 0.415. The van der Waals surface area contributed by atoms with Gasteiger partial charge in [0.2, 0.25) is 0 Å². The van der Waals surface area contributed by atoms with E-state index < -0.39 is 5.54 Å². The SMILES string of the molecule is CC#Cc1cncc(-c2cccc([C@]3(C)Cc4nc(C)ncc4C(=N)N3)c2)c1. The zero-order valence-electron chi connectivity index (χ0n) is 16.2. The van der Waals surface area contributed by atoms with Crippen LogP contribution in [0.3, 0.4) is 0 Å². The molecule has 3 heterocycles. The van der Waals surface area contributed by atoms with Crippen LogP contribution in [0.1, 0.15) is 42.1 Å². The van der Waals surface area contributed by atoms with Crippen molar-refractivity contribution in [1.82, 2.24) is 20.3 Å². The topological polar surface area (TPSA) is 74.5 Å². The van der Waals surface area contributed by atoms with E-state index in [1.807, 2.05) is 32.2 Å². The Labute approximate surface area is 164 Å². The fourth-order valence-corrected chi connectivity index (χ4v) is 3.61. The number of benzene rings is 1. The summed E-state index contributed by atoms with van der Waals surface area (Å²) in [5.41, 5.74) is 5.35. The number of aromatic nitrogens is 3. The van der Waals surface area contributed by atoms with Gasteiger partial charge < -0.3 is 5.32 Å². The summed E-state index contributed by atoms with van der Waals surface area (Å²) in [7, 11) is 0. The van der Waals surface area contributed by atoms with Crippen molar-refractivity contribution in [3.05, 3.63) is 77.1 Å². The predicted molar refractivity (Wildman–Crippen MR) is 110 cm³/mol. The number of pyridine rings is 1. The standard InChI is InChI=1S/C23H21N5/c1-4-6-16-9-18(13-25-12-16)17-7-5-8-19(10-17)23(3)11-21-20(22(24)28-23)14-26-15(2)27-21/h5,7-10,12-14H,11H2,1-3H3,(H2,24,28)/t23-/m0/s1. The van der Waals surface area contributed by atoms with Crippen molar-refractivity contribution < 1.29 is 0 Å². The average molecular weight is 367 g/mol. The molecule has 1 atom stereocenters. The van der Waals surface area contributed by atoms with Gasteiger partial charge in [0.15, 0.2) is 0 Å². The molecule has 1 aromatic carbocycles. The van der Waals surface area contributed by atoms with Crippen LogP contribution in [0.2, 0.25) is 0 Å². The van der Waals surface area contributed by atoms with Crippen molar-refractivity contribution in [2.75, 3.05) is 0 Å². The third-order valence-electron chi connectivity index (χ3n) is 5.02. The molecular formula is C23H21N5. The molecular weight excluding hydrogens is 346 g/mol. The van der Waals surface area contributed by atoms with E-state index >= 15 is 0 Å². The van der Waals surface area contributed by atoms with Gasteiger partial charge in [-0.25, -0.2) is 9.97 Å². The van der Waals surface area contributed by atoms with Crippen molar-refractivity contribution in [3.8, 4) is 23.0 Å². The summed E-state index contributed by atoms with van der Waals surface area (Å²) >= 11 is 0. The minimum absolute atomic E-state index is 0.357. The molecule has 0 amide bonds. The van der Waals surface area contributed by atoms with E-state index in [9.17, 15) is 0 Å². The molecule has 0 fully saturated rings. The Bertz CT molecular complexity index is 1140. The first-order valence-electron chi connectivity index (χ1n) is 9.17. The molecule has 1 aliphatic heterocycles. The summed E-state index contributed by atoms with van der Waals surface area (Å²) in [6, 6.07) is 10.4. The van der Waals surface area contributed by atoms with Gasteiger partial charge in [0.25, 0.3) is 0 Å². The summed E-state index contributed by atoms with van der Waals surface area (Å²) in [4.78, 5) is 13.1. The molecule has 1 aliphatic rings. The molecule has 5 heteroatoms. The molecule has 2 aromatic heterocycles. The lowest BCUT2D eigenvalue weighted by Gasteiger charge is -2.37. The minimum Gasteiger partial charge on any atom is -0.360 e. The zero-order valence-corrected chi connectivity index (χ0v) is 16.2. The lowest BCUT2D eigenvalue weighted by atomic mass is 9.82. The fraction of sp³-hybridized carbons (Fsp3) is 0.217. The Hall–Kier alpha value is -3.52. The van der Waals surface area contributed by atoms with Crippen LogP contribution in [-0.2, 0) is 12.0 Å². The van der Waals surface area contributed by atoms with Crippen LogP contribution in [0, 0.1) is 24.2 Å². The van der Waals surface area contributed by atoms with Gasteiger partial charge in [-0.1, -0.05) is 24.1 Å². The summed E-state index contributed by atoms with van der Waals surface area (Å²) < 4.78 is 0. The Kier molecular flexibility index (Phi) is 4.40. The maximum Gasteiger partial charge on any atom is 0.129 e. The molecule has 138 valence electrons. The first-order chi connectivity index (χ1) is 13.5. The summed E-state index contributed by atoms with van der Waals surface area (Å²) in [6.45, 7) is 5.81. The van der Waals surface area contributed by atoms with Crippen molar-refractivity contribution in [1.29, 1.82) is 5.41 Å². The Balaban J connectivity index is 1.74. The average Bonchev–Trinajstić information content (AvgIpc) is 2.68. The van der Waals surface area contributed by atoms with Gasteiger partial charge in [0.1, 0.15) is 11.7 Å². The summed E-state index contributed by atoms with van der Waals surface area (Å²) in [6.07, 6.45) is 6.05. The minimum atomic E-state index is -0.421. The van der Waals surface area contributed by atoms with Crippen LogP contribution < -0.4 is 5.32 Å². The van der Waals surface area contributed by atoms with Crippen LogP contribution in [-0.4, -0.2) is 20.8 Å². The number of hydrogen-bond acceptors (Lipinski definition) is 4. The molecule has 5 nitrogen and oxygen atoms in total. The molecule has 0 unspecified atom stereocenters. The number of amidine groups is 1. The van der Waals surface area contributed by atoms with E-state index in [1.54, 1.807) is 12.4 Å². The molecule has 2 N–H and O–H groups in total. The van der Waals surface area contributed by atoms with Crippen LogP contribution in [0.5, 0.6) is 0 Å². The van der Waals surface area contributed by atoms with E-state index in [0.29, 0.717) is 12.3 Å². The predicted octanol–water partition coefficient (Wildman–Crippen LogP) is 3.60. The van der Waals surface area contributed by atoms with Crippen molar-refractivity contribution in [3.63, 3.8) is 0 Å². The highest BCUT2D eigenvalue weighted by Gasteiger charge is 2.35. The molecule has 28 heavy (non-hydrogen) atoms. The Morgan fingerprint density at radius 1 is 1.14 bits per heavy atom. The molecule has 0 aliphatic carbocycles. The third kappa shape index (κ3) is 3.25. The van der Waals surface area contributed by atoms with Gasteiger partial charge in [-0.2, -0.15) is 0 Å². The van der Waals surface area contributed by atoms with Gasteiger partial charge in [0.05, 0.1) is 16.8 Å². The number of aryl methyl sites for hydroxylation is 1. The zero-order chi connectivity index (χ0) is 19.7. The molecule has 0 spiro atoms. The van der Waals surface area contributed by atoms with E-state index in [-0.39, 0.29) is 0 Å². The van der Waals surface area contributed by atoms with Gasteiger partial charge in [-0.3, -0.25) is 10.4 Å². The van der Waals surface area contributed by atoms with Gasteiger partial charge in [-0.05, 0) is 44.0 Å². The first kappa shape index (κ1) is 17.9. The lowest BCUT2D eigenvalue weighted by Crippen LogP contribution is -2.49. The maximum absolute atomic E-state index is 8.42. The molecule has 3 aromatic rings. The first-order valence-corrected chi connectivity index (χ1v) is 9.17. The molecule has 0 bridgehead atoms. The van der Waals surface area contributed by atoms with Gasteiger partial charge >= 0.3 is 0 Å². The van der Waals surface area contributed by atoms with Crippen molar-refractivity contribution in [2.24, 2.45) is 0 Å². The number of nitrogens with zero attached hydrogens (tertiary/aromatic N) is 3. The van der Waals surface area contributed by atoms with E-state index in [0.717, 1.165) is 39.3 Å². The van der Waals surface area contributed by atoms with Crippen LogP contribution in [0.25, 0.3) is 11.1 Å². The highest BCUT2D eigenvalue weighted by molar-refractivity contribution is 5.98. The molecule has 0 radical (unpaired) electrons. The van der Waals surface area contributed by atoms with Gasteiger partial charge in [0, 0.05) is 36.1 Å². The van der Waals surface area contributed by atoms with Gasteiger partial charge in [-0.15, -0.1) is 5.92 Å². The quantitative estimate of drug-likeness (QED) is 0.679.